The van der Waals surface area contributed by atoms with E-state index in [0.717, 1.165) is 43.6 Å². The number of ether oxygens (including phenoxy) is 1. The minimum Gasteiger partial charge on any atom is -0.379 e. The molecule has 4 nitrogen and oxygen atoms in total. The lowest BCUT2D eigenvalue weighted by molar-refractivity contribution is 0.0526. The summed E-state index contributed by atoms with van der Waals surface area (Å²) in [6, 6.07) is 6.04. The molecule has 6 heteroatoms. The molecule has 25 heavy (non-hydrogen) atoms. The number of morpholine rings is 1. The van der Waals surface area contributed by atoms with Crippen molar-refractivity contribution in [3.63, 3.8) is 0 Å². The average molecular weight is 368 g/mol. The van der Waals surface area contributed by atoms with E-state index in [-0.39, 0.29) is 18.2 Å². The second-order valence-electron chi connectivity index (χ2n) is 7.04. The Labute approximate surface area is 154 Å². The minimum atomic E-state index is -0.190. The van der Waals surface area contributed by atoms with Gasteiger partial charge in [-0.1, -0.05) is 6.42 Å². The summed E-state index contributed by atoms with van der Waals surface area (Å²) in [5, 5.41) is 8.51. The molecule has 0 bridgehead atoms. The SMILES string of the molecule is Cl.Fc1ccc2c(CCNC3CCCC3C3COCCN3)c[nH]c2c1. The molecule has 3 N–H and O–H groups in total. The van der Waals surface area contributed by atoms with E-state index in [1.807, 2.05) is 12.3 Å². The second-order valence-corrected chi connectivity index (χ2v) is 7.04. The Kier molecular flexibility index (Phi) is 6.34. The fourth-order valence-electron chi connectivity index (χ4n) is 4.34. The molecule has 0 radical (unpaired) electrons. The normalized spacial score (nSPS) is 26.7. The number of hydrogen-bond donors (Lipinski definition) is 3. The van der Waals surface area contributed by atoms with Crippen LogP contribution in [0.1, 0.15) is 24.8 Å². The Balaban J connectivity index is 0.00000182. The lowest BCUT2D eigenvalue weighted by atomic mass is 9.94. The first kappa shape index (κ1) is 18.6. The van der Waals surface area contributed by atoms with Gasteiger partial charge in [0.05, 0.1) is 13.2 Å². The molecule has 1 aliphatic carbocycles. The third kappa shape index (κ3) is 4.17. The van der Waals surface area contributed by atoms with Crippen molar-refractivity contribution in [1.82, 2.24) is 15.6 Å². The maximum absolute atomic E-state index is 13.3. The topological polar surface area (TPSA) is 49.1 Å². The highest BCUT2D eigenvalue weighted by atomic mass is 35.5. The molecule has 1 saturated carbocycles. The number of hydrogen-bond acceptors (Lipinski definition) is 3. The van der Waals surface area contributed by atoms with E-state index in [2.05, 4.69) is 15.6 Å². The van der Waals surface area contributed by atoms with Gasteiger partial charge in [0, 0.05) is 35.7 Å². The van der Waals surface area contributed by atoms with Crippen LogP contribution in [0.25, 0.3) is 10.9 Å². The van der Waals surface area contributed by atoms with Gasteiger partial charge in [0.25, 0.3) is 0 Å². The molecule has 138 valence electrons. The molecular formula is C19H27ClFN3O. The van der Waals surface area contributed by atoms with Gasteiger partial charge in [0.15, 0.2) is 0 Å². The second kappa shape index (κ2) is 8.49. The van der Waals surface area contributed by atoms with Gasteiger partial charge < -0.3 is 20.4 Å². The highest BCUT2D eigenvalue weighted by Gasteiger charge is 2.34. The van der Waals surface area contributed by atoms with Crippen LogP contribution in [0.3, 0.4) is 0 Å². The Bertz CT molecular complexity index is 686. The number of H-pyrrole nitrogens is 1. The molecule has 1 aromatic carbocycles. The number of aromatic amines is 1. The number of aromatic nitrogens is 1. The molecule has 2 aliphatic rings. The van der Waals surface area contributed by atoms with Gasteiger partial charge in [-0.05, 0) is 55.5 Å². The van der Waals surface area contributed by atoms with Gasteiger partial charge in [-0.15, -0.1) is 12.4 Å². The third-order valence-electron chi connectivity index (χ3n) is 5.57. The molecule has 0 spiro atoms. The Morgan fingerprint density at radius 3 is 3.04 bits per heavy atom. The van der Waals surface area contributed by atoms with E-state index < -0.39 is 0 Å². The predicted molar refractivity (Wildman–Crippen MR) is 101 cm³/mol. The largest absolute Gasteiger partial charge is 0.379 e. The fourth-order valence-corrected chi connectivity index (χ4v) is 4.34. The Morgan fingerprint density at radius 2 is 2.20 bits per heavy atom. The van der Waals surface area contributed by atoms with E-state index in [1.54, 1.807) is 6.07 Å². The summed E-state index contributed by atoms with van der Waals surface area (Å²) in [5.41, 5.74) is 2.14. The van der Waals surface area contributed by atoms with Crippen molar-refractivity contribution < 1.29 is 9.13 Å². The van der Waals surface area contributed by atoms with Crippen molar-refractivity contribution in [1.29, 1.82) is 0 Å². The van der Waals surface area contributed by atoms with Crippen LogP contribution in [0, 0.1) is 11.7 Å². The highest BCUT2D eigenvalue weighted by Crippen LogP contribution is 2.29. The maximum atomic E-state index is 13.3. The van der Waals surface area contributed by atoms with Crippen molar-refractivity contribution in [3.8, 4) is 0 Å². The molecule has 3 unspecified atom stereocenters. The smallest absolute Gasteiger partial charge is 0.125 e. The summed E-state index contributed by atoms with van der Waals surface area (Å²) in [4.78, 5) is 3.17. The first-order valence-electron chi connectivity index (χ1n) is 9.11. The average Bonchev–Trinajstić information content (AvgIpc) is 3.23. The van der Waals surface area contributed by atoms with Crippen molar-refractivity contribution in [2.24, 2.45) is 5.92 Å². The molecule has 2 aromatic rings. The lowest BCUT2D eigenvalue weighted by Gasteiger charge is -2.33. The van der Waals surface area contributed by atoms with Gasteiger partial charge in [-0.25, -0.2) is 4.39 Å². The van der Waals surface area contributed by atoms with Crippen LogP contribution in [-0.2, 0) is 11.2 Å². The van der Waals surface area contributed by atoms with Gasteiger partial charge in [-0.2, -0.15) is 0 Å². The van der Waals surface area contributed by atoms with Gasteiger partial charge in [0.1, 0.15) is 5.82 Å². The van der Waals surface area contributed by atoms with Crippen LogP contribution in [0.4, 0.5) is 4.39 Å². The molecule has 2 fully saturated rings. The van der Waals surface area contributed by atoms with Crippen molar-refractivity contribution >= 4 is 23.3 Å². The quantitative estimate of drug-likeness (QED) is 0.761. The van der Waals surface area contributed by atoms with Crippen molar-refractivity contribution in [2.75, 3.05) is 26.3 Å². The summed E-state index contributed by atoms with van der Waals surface area (Å²) in [6.07, 6.45) is 6.80. The summed E-state index contributed by atoms with van der Waals surface area (Å²) >= 11 is 0. The summed E-state index contributed by atoms with van der Waals surface area (Å²) < 4.78 is 18.9. The van der Waals surface area contributed by atoms with E-state index in [0.29, 0.717) is 18.0 Å². The zero-order chi connectivity index (χ0) is 16.4. The van der Waals surface area contributed by atoms with Crippen molar-refractivity contribution in [2.45, 2.75) is 37.8 Å². The fraction of sp³-hybridized carbons (Fsp3) is 0.579. The van der Waals surface area contributed by atoms with Crippen LogP contribution >= 0.6 is 12.4 Å². The van der Waals surface area contributed by atoms with Gasteiger partial charge in [-0.3, -0.25) is 0 Å². The lowest BCUT2D eigenvalue weighted by Crippen LogP contribution is -2.51. The predicted octanol–water partition coefficient (Wildman–Crippen LogP) is 3.02. The minimum absolute atomic E-state index is 0. The summed E-state index contributed by atoms with van der Waals surface area (Å²) in [5.74, 6) is 0.479. The maximum Gasteiger partial charge on any atom is 0.125 e. The standard InChI is InChI=1S/C19H26FN3O.ClH/c20-14-4-5-15-13(11-23-18(15)10-14)6-7-21-17-3-1-2-16(17)19-12-24-9-8-22-19;/h4-5,10-11,16-17,19,21-23H,1-3,6-9,12H2;1H. The Morgan fingerprint density at radius 1 is 1.28 bits per heavy atom. The molecule has 4 rings (SSSR count). The van der Waals surface area contributed by atoms with E-state index in [1.165, 1.54) is 30.9 Å². The van der Waals surface area contributed by atoms with E-state index in [4.69, 9.17) is 4.74 Å². The van der Waals surface area contributed by atoms with Gasteiger partial charge in [0.2, 0.25) is 0 Å². The molecule has 1 aliphatic heterocycles. The molecule has 3 atom stereocenters. The molecule has 0 amide bonds. The molecule has 1 aromatic heterocycles. The van der Waals surface area contributed by atoms with Crippen molar-refractivity contribution in [3.05, 3.63) is 35.8 Å². The van der Waals surface area contributed by atoms with Crippen LogP contribution in [0.15, 0.2) is 24.4 Å². The highest BCUT2D eigenvalue weighted by molar-refractivity contribution is 5.85. The van der Waals surface area contributed by atoms with E-state index >= 15 is 0 Å². The zero-order valence-electron chi connectivity index (χ0n) is 14.4. The molecule has 1 saturated heterocycles. The Hall–Kier alpha value is -1.14. The third-order valence-corrected chi connectivity index (χ3v) is 5.57. The first-order chi connectivity index (χ1) is 11.8. The summed E-state index contributed by atoms with van der Waals surface area (Å²) in [7, 11) is 0. The number of halogens is 2. The van der Waals surface area contributed by atoms with Crippen LogP contribution in [-0.4, -0.2) is 43.4 Å². The van der Waals surface area contributed by atoms with E-state index in [9.17, 15) is 4.39 Å². The van der Waals surface area contributed by atoms with Crippen LogP contribution in [0.2, 0.25) is 0 Å². The summed E-state index contributed by atoms with van der Waals surface area (Å²) in [6.45, 7) is 3.61. The number of benzene rings is 1. The first-order valence-corrected chi connectivity index (χ1v) is 9.11. The monoisotopic (exact) mass is 367 g/mol. The number of rotatable bonds is 5. The van der Waals surface area contributed by atoms with Crippen LogP contribution < -0.4 is 10.6 Å². The number of nitrogens with one attached hydrogen (secondary N) is 3. The van der Waals surface area contributed by atoms with Crippen LogP contribution in [0.5, 0.6) is 0 Å². The van der Waals surface area contributed by atoms with Gasteiger partial charge >= 0.3 is 0 Å². The number of fused-ring (bicyclic) bond motifs is 1. The zero-order valence-corrected chi connectivity index (χ0v) is 15.2. The molecular weight excluding hydrogens is 341 g/mol. The molecule has 2 heterocycles.